The summed E-state index contributed by atoms with van der Waals surface area (Å²) in [5.74, 6) is 1.12. The predicted molar refractivity (Wildman–Crippen MR) is 113 cm³/mol. The summed E-state index contributed by atoms with van der Waals surface area (Å²) in [6.45, 7) is 6.53. The molecular formula is C22H24N4O4. The Morgan fingerprint density at radius 1 is 1.23 bits per heavy atom. The largest absolute Gasteiger partial charge is 0.494 e. The number of furan rings is 1. The number of nitrogens with zero attached hydrogens (tertiary/aromatic N) is 3. The van der Waals surface area contributed by atoms with Gasteiger partial charge in [-0.25, -0.2) is 4.68 Å². The molecular weight excluding hydrogens is 384 g/mol. The lowest BCUT2D eigenvalue weighted by molar-refractivity contribution is -0.124. The molecule has 1 N–H and O–H groups in total. The van der Waals surface area contributed by atoms with Gasteiger partial charge in [0.15, 0.2) is 5.58 Å². The molecule has 0 unspecified atom stereocenters. The summed E-state index contributed by atoms with van der Waals surface area (Å²) in [6, 6.07) is 10.3. The number of aromatic nitrogens is 3. The summed E-state index contributed by atoms with van der Waals surface area (Å²) in [4.78, 5) is 25.6. The molecule has 0 saturated heterocycles. The summed E-state index contributed by atoms with van der Waals surface area (Å²) in [7, 11) is 0. The molecule has 0 saturated carbocycles. The molecule has 4 rings (SSSR count). The second-order valence-corrected chi connectivity index (χ2v) is 7.22. The molecule has 30 heavy (non-hydrogen) atoms. The van der Waals surface area contributed by atoms with E-state index in [0.29, 0.717) is 30.1 Å². The minimum absolute atomic E-state index is 0.282. The molecule has 8 nitrogen and oxygen atoms in total. The van der Waals surface area contributed by atoms with E-state index in [1.54, 1.807) is 36.6 Å². The molecule has 0 bridgehead atoms. The van der Waals surface area contributed by atoms with Crippen molar-refractivity contribution in [3.63, 3.8) is 0 Å². The first-order valence-electron chi connectivity index (χ1n) is 9.97. The zero-order valence-corrected chi connectivity index (χ0v) is 17.2. The minimum Gasteiger partial charge on any atom is -0.494 e. The fourth-order valence-corrected chi connectivity index (χ4v) is 3.43. The molecule has 1 atom stereocenters. The van der Waals surface area contributed by atoms with Crippen LogP contribution in [0.4, 0.5) is 0 Å². The van der Waals surface area contributed by atoms with Crippen molar-refractivity contribution in [3.8, 4) is 5.75 Å². The molecule has 0 spiro atoms. The van der Waals surface area contributed by atoms with Gasteiger partial charge in [-0.1, -0.05) is 19.1 Å². The maximum Gasteiger partial charge on any atom is 0.291 e. The Kier molecular flexibility index (Phi) is 5.31. The van der Waals surface area contributed by atoms with Crippen molar-refractivity contribution in [3.05, 3.63) is 64.4 Å². The van der Waals surface area contributed by atoms with E-state index in [9.17, 15) is 9.59 Å². The Bertz CT molecular complexity index is 1250. The van der Waals surface area contributed by atoms with Crippen LogP contribution in [0.2, 0.25) is 0 Å². The molecule has 1 aromatic carbocycles. The van der Waals surface area contributed by atoms with E-state index in [4.69, 9.17) is 9.15 Å². The van der Waals surface area contributed by atoms with Crippen LogP contribution in [-0.2, 0) is 11.3 Å². The molecule has 0 aliphatic heterocycles. The van der Waals surface area contributed by atoms with Crippen molar-refractivity contribution in [2.24, 2.45) is 0 Å². The van der Waals surface area contributed by atoms with Gasteiger partial charge in [0, 0.05) is 18.7 Å². The number of benzene rings is 1. The third-order valence-electron chi connectivity index (χ3n) is 5.04. The molecule has 0 aliphatic carbocycles. The second kappa shape index (κ2) is 8.06. The van der Waals surface area contributed by atoms with Crippen molar-refractivity contribution in [1.29, 1.82) is 0 Å². The molecule has 4 aromatic rings. The molecule has 3 aromatic heterocycles. The SMILES string of the molecule is CCCOc1ccc(CNC(=O)[C@@H](C)n2nc(C)n3c(cc4occc43)c2=O)cc1. The van der Waals surface area contributed by atoms with Gasteiger partial charge in [-0.2, -0.15) is 5.10 Å². The van der Waals surface area contributed by atoms with E-state index in [1.165, 1.54) is 4.68 Å². The van der Waals surface area contributed by atoms with E-state index < -0.39 is 6.04 Å². The smallest absolute Gasteiger partial charge is 0.291 e. The van der Waals surface area contributed by atoms with Crippen LogP contribution >= 0.6 is 0 Å². The Morgan fingerprint density at radius 3 is 2.73 bits per heavy atom. The van der Waals surface area contributed by atoms with Crippen LogP contribution in [0, 0.1) is 6.92 Å². The van der Waals surface area contributed by atoms with Crippen LogP contribution in [0.3, 0.4) is 0 Å². The highest BCUT2D eigenvalue weighted by atomic mass is 16.5. The molecule has 8 heteroatoms. The Labute approximate surface area is 173 Å². The van der Waals surface area contributed by atoms with Gasteiger partial charge < -0.3 is 14.5 Å². The number of carbonyl (C=O) groups excluding carboxylic acids is 1. The van der Waals surface area contributed by atoms with Gasteiger partial charge in [-0.15, -0.1) is 0 Å². The lowest BCUT2D eigenvalue weighted by atomic mass is 10.2. The Morgan fingerprint density at radius 2 is 2.00 bits per heavy atom. The normalized spacial score (nSPS) is 12.4. The van der Waals surface area contributed by atoms with E-state index in [1.807, 2.05) is 24.3 Å². The lowest BCUT2D eigenvalue weighted by Crippen LogP contribution is -2.38. The van der Waals surface area contributed by atoms with Gasteiger partial charge in [-0.3, -0.25) is 14.0 Å². The third kappa shape index (κ3) is 3.56. The van der Waals surface area contributed by atoms with Gasteiger partial charge in [0.05, 0.1) is 18.4 Å². The first kappa shape index (κ1) is 19.8. The third-order valence-corrected chi connectivity index (χ3v) is 5.04. The first-order valence-corrected chi connectivity index (χ1v) is 9.97. The van der Waals surface area contributed by atoms with Crippen molar-refractivity contribution in [2.75, 3.05) is 6.61 Å². The van der Waals surface area contributed by atoms with Crippen molar-refractivity contribution < 1.29 is 13.9 Å². The van der Waals surface area contributed by atoms with Crippen LogP contribution in [0.1, 0.15) is 37.7 Å². The summed E-state index contributed by atoms with van der Waals surface area (Å²) in [6.07, 6.45) is 2.52. The highest BCUT2D eigenvalue weighted by molar-refractivity contribution is 5.83. The number of rotatable bonds is 7. The molecule has 156 valence electrons. The van der Waals surface area contributed by atoms with E-state index in [-0.39, 0.29) is 11.5 Å². The maximum atomic E-state index is 12.9. The quantitative estimate of drug-likeness (QED) is 0.507. The van der Waals surface area contributed by atoms with E-state index in [0.717, 1.165) is 23.3 Å². The molecule has 1 amide bonds. The number of hydrogen-bond acceptors (Lipinski definition) is 5. The van der Waals surface area contributed by atoms with Crippen LogP contribution in [0.15, 0.2) is 51.9 Å². The van der Waals surface area contributed by atoms with E-state index in [2.05, 4.69) is 17.3 Å². The standard InChI is InChI=1S/C22H24N4O4/c1-4-10-29-17-7-5-16(6-8-17)13-23-21(27)14(2)26-22(28)19-12-20-18(9-11-30-20)25(19)15(3)24-26/h5-9,11-12,14H,4,10,13H2,1-3H3,(H,23,27)/t14-/m1/s1. The summed E-state index contributed by atoms with van der Waals surface area (Å²) in [5.41, 5.74) is 2.42. The Balaban J connectivity index is 1.50. The fourth-order valence-electron chi connectivity index (χ4n) is 3.43. The first-order chi connectivity index (χ1) is 14.5. The number of hydrogen-bond donors (Lipinski definition) is 1. The highest BCUT2D eigenvalue weighted by Crippen LogP contribution is 2.20. The number of amides is 1. The molecule has 0 fully saturated rings. The average molecular weight is 408 g/mol. The maximum absolute atomic E-state index is 12.9. The predicted octanol–water partition coefficient (Wildman–Crippen LogP) is 3.22. The topological polar surface area (TPSA) is 90.8 Å². The number of ether oxygens (including phenoxy) is 1. The summed E-state index contributed by atoms with van der Waals surface area (Å²) >= 11 is 0. The lowest BCUT2D eigenvalue weighted by Gasteiger charge is -2.15. The van der Waals surface area contributed by atoms with Gasteiger partial charge in [0.25, 0.3) is 5.56 Å². The number of fused-ring (bicyclic) bond motifs is 3. The van der Waals surface area contributed by atoms with Crippen molar-refractivity contribution in [1.82, 2.24) is 19.5 Å². The molecule has 3 heterocycles. The van der Waals surface area contributed by atoms with Crippen LogP contribution in [-0.4, -0.2) is 26.7 Å². The highest BCUT2D eigenvalue weighted by Gasteiger charge is 2.21. The van der Waals surface area contributed by atoms with E-state index >= 15 is 0 Å². The molecule has 0 radical (unpaired) electrons. The Hall–Kier alpha value is -3.55. The number of carbonyl (C=O) groups is 1. The van der Waals surface area contributed by atoms with Crippen molar-refractivity contribution in [2.45, 2.75) is 39.8 Å². The van der Waals surface area contributed by atoms with Gasteiger partial charge in [0.1, 0.15) is 23.1 Å². The van der Waals surface area contributed by atoms with Crippen LogP contribution in [0.25, 0.3) is 16.6 Å². The zero-order valence-electron chi connectivity index (χ0n) is 17.2. The second-order valence-electron chi connectivity index (χ2n) is 7.22. The van der Waals surface area contributed by atoms with Crippen LogP contribution in [0.5, 0.6) is 5.75 Å². The average Bonchev–Trinajstić information content (AvgIpc) is 3.35. The minimum atomic E-state index is -0.755. The summed E-state index contributed by atoms with van der Waals surface area (Å²) in [5, 5.41) is 7.24. The zero-order chi connectivity index (χ0) is 21.3. The van der Waals surface area contributed by atoms with Gasteiger partial charge in [0.2, 0.25) is 5.91 Å². The monoisotopic (exact) mass is 408 g/mol. The number of nitrogens with one attached hydrogen (secondary N) is 1. The van der Waals surface area contributed by atoms with Gasteiger partial charge in [-0.05, 0) is 38.0 Å². The van der Waals surface area contributed by atoms with Gasteiger partial charge >= 0.3 is 0 Å². The molecule has 0 aliphatic rings. The summed E-state index contributed by atoms with van der Waals surface area (Å²) < 4.78 is 13.9. The van der Waals surface area contributed by atoms with Crippen LogP contribution < -0.4 is 15.6 Å². The van der Waals surface area contributed by atoms with Crippen molar-refractivity contribution >= 4 is 22.5 Å². The number of aryl methyl sites for hydroxylation is 1. The fraction of sp³-hybridized carbons (Fsp3) is 0.318.